The van der Waals surface area contributed by atoms with Crippen LogP contribution in [0.25, 0.3) is 22.2 Å². The molecule has 0 radical (unpaired) electrons. The fourth-order valence-corrected chi connectivity index (χ4v) is 3.32. The molecule has 3 aromatic carbocycles. The summed E-state index contributed by atoms with van der Waals surface area (Å²) in [6, 6.07) is 24.5. The highest BCUT2D eigenvalue weighted by Crippen LogP contribution is 2.25. The number of ether oxygens (including phenoxy) is 1. The van der Waals surface area contributed by atoms with Crippen LogP contribution >= 0.6 is 0 Å². The zero-order valence-electron chi connectivity index (χ0n) is 17.4. The molecule has 5 heteroatoms. The van der Waals surface area contributed by atoms with Crippen molar-refractivity contribution in [1.29, 1.82) is 0 Å². The average Bonchev–Trinajstić information content (AvgIpc) is 2.79. The van der Waals surface area contributed by atoms with Gasteiger partial charge in [-0.3, -0.25) is 4.79 Å². The fraction of sp³-hybridized carbons (Fsp3) is 0.115. The van der Waals surface area contributed by atoms with E-state index in [-0.39, 0.29) is 12.5 Å². The van der Waals surface area contributed by atoms with Crippen LogP contribution < -0.4 is 5.32 Å². The van der Waals surface area contributed by atoms with Crippen LogP contribution in [0.1, 0.15) is 21.5 Å². The summed E-state index contributed by atoms with van der Waals surface area (Å²) in [5.74, 6) is -0.952. The van der Waals surface area contributed by atoms with Crippen LogP contribution in [0.5, 0.6) is 0 Å². The second-order valence-electron chi connectivity index (χ2n) is 7.38. The number of hydrogen-bond acceptors (Lipinski definition) is 4. The lowest BCUT2D eigenvalue weighted by Crippen LogP contribution is -2.21. The lowest BCUT2D eigenvalue weighted by Gasteiger charge is -2.11. The van der Waals surface area contributed by atoms with Gasteiger partial charge in [-0.25, -0.2) is 9.78 Å². The van der Waals surface area contributed by atoms with Crippen LogP contribution in [-0.4, -0.2) is 23.5 Å². The zero-order valence-corrected chi connectivity index (χ0v) is 17.4. The third-order valence-electron chi connectivity index (χ3n) is 5.04. The number of rotatable bonds is 5. The maximum absolute atomic E-state index is 12.9. The van der Waals surface area contributed by atoms with Crippen molar-refractivity contribution in [3.05, 3.63) is 95.6 Å². The van der Waals surface area contributed by atoms with E-state index in [1.165, 1.54) is 0 Å². The Kier molecular flexibility index (Phi) is 5.76. The molecule has 0 saturated carbocycles. The molecular formula is C26H22N2O3. The maximum atomic E-state index is 12.9. The number of aryl methyl sites for hydroxylation is 2. The Hall–Kier alpha value is -3.99. The van der Waals surface area contributed by atoms with E-state index < -0.39 is 5.97 Å². The number of nitrogens with zero attached hydrogens (tertiary/aromatic N) is 1. The number of carbonyl (C=O) groups excluding carboxylic acids is 2. The van der Waals surface area contributed by atoms with E-state index >= 15 is 0 Å². The predicted molar refractivity (Wildman–Crippen MR) is 122 cm³/mol. The smallest absolute Gasteiger partial charge is 0.339 e. The number of fused-ring (bicyclic) bond motifs is 1. The Labute approximate surface area is 180 Å². The first-order valence-electron chi connectivity index (χ1n) is 10.0. The Bertz CT molecular complexity index is 1260. The van der Waals surface area contributed by atoms with Crippen LogP contribution in [-0.2, 0) is 9.53 Å². The van der Waals surface area contributed by atoms with E-state index in [1.54, 1.807) is 12.1 Å². The average molecular weight is 410 g/mol. The van der Waals surface area contributed by atoms with Crippen molar-refractivity contribution in [2.24, 2.45) is 0 Å². The molecule has 0 aliphatic carbocycles. The van der Waals surface area contributed by atoms with Crippen LogP contribution in [0, 0.1) is 13.8 Å². The largest absolute Gasteiger partial charge is 0.452 e. The van der Waals surface area contributed by atoms with Gasteiger partial charge in [0.2, 0.25) is 0 Å². The second kappa shape index (κ2) is 8.79. The Morgan fingerprint density at radius 2 is 1.61 bits per heavy atom. The normalized spacial score (nSPS) is 10.6. The van der Waals surface area contributed by atoms with Gasteiger partial charge >= 0.3 is 5.97 Å². The van der Waals surface area contributed by atoms with Gasteiger partial charge in [0.1, 0.15) is 0 Å². The van der Waals surface area contributed by atoms with Gasteiger partial charge in [-0.2, -0.15) is 0 Å². The molecule has 4 rings (SSSR count). The van der Waals surface area contributed by atoms with Crippen molar-refractivity contribution in [2.75, 3.05) is 11.9 Å². The number of benzene rings is 3. The summed E-state index contributed by atoms with van der Waals surface area (Å²) >= 11 is 0. The standard InChI is InChI=1S/C26H22N2O3/c1-17-11-13-19(14-12-17)24-15-21(20-8-4-6-10-23(20)27-24)26(30)31-16-25(29)28-22-9-5-3-7-18(22)2/h3-15H,16H2,1-2H3,(H,28,29). The fourth-order valence-electron chi connectivity index (χ4n) is 3.32. The molecule has 0 aliphatic rings. The van der Waals surface area contributed by atoms with Crippen LogP contribution in [0.2, 0.25) is 0 Å². The molecular weight excluding hydrogens is 388 g/mol. The summed E-state index contributed by atoms with van der Waals surface area (Å²) in [4.78, 5) is 29.9. The molecule has 31 heavy (non-hydrogen) atoms. The quantitative estimate of drug-likeness (QED) is 0.453. The van der Waals surface area contributed by atoms with Crippen molar-refractivity contribution in [2.45, 2.75) is 13.8 Å². The predicted octanol–water partition coefficient (Wildman–Crippen LogP) is 5.31. The summed E-state index contributed by atoms with van der Waals surface area (Å²) in [5, 5.41) is 3.45. The molecule has 1 aromatic heterocycles. The molecule has 154 valence electrons. The highest BCUT2D eigenvalue weighted by molar-refractivity contribution is 6.05. The van der Waals surface area contributed by atoms with Crippen LogP contribution in [0.4, 0.5) is 5.69 Å². The number of anilines is 1. The number of amides is 1. The summed E-state index contributed by atoms with van der Waals surface area (Å²) in [6.07, 6.45) is 0. The van der Waals surface area contributed by atoms with Gasteiger partial charge in [-0.15, -0.1) is 0 Å². The molecule has 1 amide bonds. The molecule has 0 aliphatic heterocycles. The lowest BCUT2D eigenvalue weighted by molar-refractivity contribution is -0.119. The monoisotopic (exact) mass is 410 g/mol. The van der Waals surface area contributed by atoms with Gasteiger partial charge in [-0.05, 0) is 37.6 Å². The van der Waals surface area contributed by atoms with Gasteiger partial charge in [0, 0.05) is 16.6 Å². The SMILES string of the molecule is Cc1ccc(-c2cc(C(=O)OCC(=O)Nc3ccccc3C)c3ccccc3n2)cc1. The van der Waals surface area contributed by atoms with E-state index in [1.807, 2.05) is 80.6 Å². The molecule has 0 atom stereocenters. The number of nitrogens with one attached hydrogen (secondary N) is 1. The number of aromatic nitrogens is 1. The first-order chi connectivity index (χ1) is 15.0. The third-order valence-corrected chi connectivity index (χ3v) is 5.04. The van der Waals surface area contributed by atoms with Crippen molar-refractivity contribution in [3.63, 3.8) is 0 Å². The highest BCUT2D eigenvalue weighted by atomic mass is 16.5. The minimum absolute atomic E-state index is 0.371. The minimum Gasteiger partial charge on any atom is -0.452 e. The Balaban J connectivity index is 1.57. The zero-order chi connectivity index (χ0) is 21.8. The molecule has 0 bridgehead atoms. The highest BCUT2D eigenvalue weighted by Gasteiger charge is 2.17. The molecule has 1 heterocycles. The molecule has 0 unspecified atom stereocenters. The van der Waals surface area contributed by atoms with Crippen molar-refractivity contribution >= 4 is 28.5 Å². The molecule has 5 nitrogen and oxygen atoms in total. The number of pyridine rings is 1. The van der Waals surface area contributed by atoms with Crippen molar-refractivity contribution < 1.29 is 14.3 Å². The summed E-state index contributed by atoms with van der Waals surface area (Å²) in [7, 11) is 0. The summed E-state index contributed by atoms with van der Waals surface area (Å²) in [5.41, 5.74) is 5.42. The molecule has 1 N–H and O–H groups in total. The van der Waals surface area contributed by atoms with Gasteiger partial charge in [0.25, 0.3) is 5.91 Å². The number of para-hydroxylation sites is 2. The van der Waals surface area contributed by atoms with Crippen molar-refractivity contribution in [3.8, 4) is 11.3 Å². The van der Waals surface area contributed by atoms with Crippen molar-refractivity contribution in [1.82, 2.24) is 4.98 Å². The molecule has 0 saturated heterocycles. The lowest BCUT2D eigenvalue weighted by atomic mass is 10.0. The maximum Gasteiger partial charge on any atom is 0.339 e. The van der Waals surface area contributed by atoms with E-state index in [0.717, 1.165) is 16.7 Å². The first kappa shape index (κ1) is 20.3. The number of hydrogen-bond donors (Lipinski definition) is 1. The van der Waals surface area contributed by atoms with Crippen LogP contribution in [0.3, 0.4) is 0 Å². The topological polar surface area (TPSA) is 68.3 Å². The minimum atomic E-state index is -0.563. The summed E-state index contributed by atoms with van der Waals surface area (Å²) in [6.45, 7) is 3.55. The van der Waals surface area contributed by atoms with E-state index in [0.29, 0.717) is 27.8 Å². The third kappa shape index (κ3) is 4.61. The molecule has 0 spiro atoms. The molecule has 4 aromatic rings. The van der Waals surface area contributed by atoms with Crippen LogP contribution in [0.15, 0.2) is 78.9 Å². The van der Waals surface area contributed by atoms with Gasteiger partial charge < -0.3 is 10.1 Å². The van der Waals surface area contributed by atoms with Gasteiger partial charge in [0.05, 0.1) is 16.8 Å². The Morgan fingerprint density at radius 3 is 2.39 bits per heavy atom. The number of carbonyl (C=O) groups is 2. The second-order valence-corrected chi connectivity index (χ2v) is 7.38. The number of esters is 1. The van der Waals surface area contributed by atoms with E-state index in [9.17, 15) is 9.59 Å². The van der Waals surface area contributed by atoms with E-state index in [4.69, 9.17) is 9.72 Å². The van der Waals surface area contributed by atoms with Gasteiger partial charge in [-0.1, -0.05) is 66.2 Å². The Morgan fingerprint density at radius 1 is 0.903 bits per heavy atom. The molecule has 0 fully saturated rings. The van der Waals surface area contributed by atoms with Gasteiger partial charge in [0.15, 0.2) is 6.61 Å². The van der Waals surface area contributed by atoms with E-state index in [2.05, 4.69) is 5.32 Å². The first-order valence-corrected chi connectivity index (χ1v) is 10.0. The summed E-state index contributed by atoms with van der Waals surface area (Å²) < 4.78 is 5.34.